The molecular formula is C15H9Cl2NO2S. The number of hydrogen-bond donors (Lipinski definition) is 0. The smallest absolute Gasteiger partial charge is 0.258 e. The molecule has 106 valence electrons. The van der Waals surface area contributed by atoms with Crippen molar-refractivity contribution in [3.05, 3.63) is 67.2 Å². The van der Waals surface area contributed by atoms with E-state index in [1.807, 2.05) is 18.2 Å². The van der Waals surface area contributed by atoms with Gasteiger partial charge in [0.25, 0.3) is 5.56 Å². The van der Waals surface area contributed by atoms with Gasteiger partial charge < -0.3 is 4.57 Å². The zero-order valence-electron chi connectivity index (χ0n) is 10.7. The third kappa shape index (κ3) is 2.75. The number of rotatable bonds is 3. The second-order valence-corrected chi connectivity index (χ2v) is 6.78. The normalized spacial score (nSPS) is 11.0. The lowest BCUT2D eigenvalue weighted by molar-refractivity contribution is 0.0971. The van der Waals surface area contributed by atoms with Crippen molar-refractivity contribution in [1.29, 1.82) is 0 Å². The van der Waals surface area contributed by atoms with Crippen LogP contribution in [0.5, 0.6) is 0 Å². The van der Waals surface area contributed by atoms with Crippen LogP contribution in [-0.4, -0.2) is 10.4 Å². The van der Waals surface area contributed by atoms with E-state index in [1.54, 1.807) is 18.3 Å². The summed E-state index contributed by atoms with van der Waals surface area (Å²) in [6.07, 6.45) is 1.62. The number of benzene rings is 1. The Morgan fingerprint density at radius 3 is 2.67 bits per heavy atom. The Balaban J connectivity index is 1.99. The molecule has 3 aromatic rings. The van der Waals surface area contributed by atoms with E-state index in [0.717, 1.165) is 16.7 Å². The van der Waals surface area contributed by atoms with E-state index in [1.165, 1.54) is 10.6 Å². The maximum Gasteiger partial charge on any atom is 0.258 e. The number of thiophene rings is 1. The number of ketones is 1. The molecule has 0 spiro atoms. The van der Waals surface area contributed by atoms with Gasteiger partial charge in [0.05, 0.1) is 16.4 Å². The summed E-state index contributed by atoms with van der Waals surface area (Å²) in [6.45, 7) is -0.0591. The van der Waals surface area contributed by atoms with Crippen molar-refractivity contribution in [2.24, 2.45) is 0 Å². The van der Waals surface area contributed by atoms with Gasteiger partial charge in [0.15, 0.2) is 5.78 Å². The minimum atomic E-state index is -0.236. The van der Waals surface area contributed by atoms with Gasteiger partial charge in [-0.15, -0.1) is 11.3 Å². The molecule has 0 aliphatic heterocycles. The largest absolute Gasteiger partial charge is 0.307 e. The van der Waals surface area contributed by atoms with E-state index in [4.69, 9.17) is 23.2 Å². The van der Waals surface area contributed by atoms with Crippen LogP contribution in [0.3, 0.4) is 0 Å². The van der Waals surface area contributed by atoms with Crippen LogP contribution in [-0.2, 0) is 6.54 Å². The highest BCUT2D eigenvalue weighted by Gasteiger charge is 2.15. The topological polar surface area (TPSA) is 39.1 Å². The first kappa shape index (κ1) is 14.3. The van der Waals surface area contributed by atoms with Gasteiger partial charge in [-0.25, -0.2) is 0 Å². The molecule has 0 saturated carbocycles. The third-order valence-electron chi connectivity index (χ3n) is 3.16. The molecule has 6 heteroatoms. The summed E-state index contributed by atoms with van der Waals surface area (Å²) in [4.78, 5) is 24.6. The predicted molar refractivity (Wildman–Crippen MR) is 86.9 cm³/mol. The molecule has 21 heavy (non-hydrogen) atoms. The highest BCUT2D eigenvalue weighted by molar-refractivity contribution is 7.20. The number of nitrogens with zero attached hydrogens (tertiary/aromatic N) is 1. The number of pyridine rings is 1. The summed E-state index contributed by atoms with van der Waals surface area (Å²) in [5.74, 6) is -0.236. The van der Waals surface area contributed by atoms with E-state index in [-0.39, 0.29) is 17.9 Å². The lowest BCUT2D eigenvalue weighted by atomic mass is 10.1. The van der Waals surface area contributed by atoms with Gasteiger partial charge in [-0.1, -0.05) is 41.4 Å². The fourth-order valence-corrected chi connectivity index (χ4v) is 3.62. The average molecular weight is 338 g/mol. The monoisotopic (exact) mass is 337 g/mol. The number of hydrogen-bond acceptors (Lipinski definition) is 3. The summed E-state index contributed by atoms with van der Waals surface area (Å²) in [5, 5.41) is 1.44. The summed E-state index contributed by atoms with van der Waals surface area (Å²) >= 11 is 12.9. The first-order chi connectivity index (χ1) is 10.1. The van der Waals surface area contributed by atoms with Crippen LogP contribution in [0.25, 0.3) is 10.8 Å². The van der Waals surface area contributed by atoms with Crippen LogP contribution < -0.4 is 5.56 Å². The highest BCUT2D eigenvalue weighted by atomic mass is 35.5. The van der Waals surface area contributed by atoms with E-state index in [2.05, 4.69) is 0 Å². The van der Waals surface area contributed by atoms with Crippen molar-refractivity contribution in [2.45, 2.75) is 6.54 Å². The van der Waals surface area contributed by atoms with E-state index >= 15 is 0 Å². The van der Waals surface area contributed by atoms with Gasteiger partial charge in [-0.3, -0.25) is 9.59 Å². The van der Waals surface area contributed by atoms with Crippen LogP contribution in [0.2, 0.25) is 8.67 Å². The third-order valence-corrected chi connectivity index (χ3v) is 4.64. The molecule has 3 rings (SSSR count). The van der Waals surface area contributed by atoms with Crippen LogP contribution in [0.4, 0.5) is 0 Å². The van der Waals surface area contributed by atoms with Gasteiger partial charge in [-0.05, 0) is 23.6 Å². The van der Waals surface area contributed by atoms with Crippen molar-refractivity contribution < 1.29 is 4.79 Å². The molecule has 0 aliphatic rings. The molecular weight excluding hydrogens is 329 g/mol. The standard InChI is InChI=1S/C15H9Cl2NO2S/c16-13-7-11(14(17)21-13)12(19)8-18-6-5-9-3-1-2-4-10(9)15(18)20/h1-7H,8H2. The van der Waals surface area contributed by atoms with Crippen LogP contribution in [0, 0.1) is 0 Å². The Kier molecular flexibility index (Phi) is 3.85. The highest BCUT2D eigenvalue weighted by Crippen LogP contribution is 2.31. The molecule has 2 heterocycles. The van der Waals surface area contributed by atoms with Crippen molar-refractivity contribution in [3.8, 4) is 0 Å². The SMILES string of the molecule is O=C(Cn1ccc2ccccc2c1=O)c1cc(Cl)sc1Cl. The molecule has 0 saturated heterocycles. The van der Waals surface area contributed by atoms with Crippen LogP contribution in [0.1, 0.15) is 10.4 Å². The number of halogens is 2. The lowest BCUT2D eigenvalue weighted by Crippen LogP contribution is -2.23. The summed E-state index contributed by atoms with van der Waals surface area (Å²) in [7, 11) is 0. The number of carbonyl (C=O) groups excluding carboxylic acids is 1. The molecule has 0 atom stereocenters. The summed E-state index contributed by atoms with van der Waals surface area (Å²) in [5.41, 5.74) is 0.158. The Hall–Kier alpha value is -1.62. The fraction of sp³-hybridized carbons (Fsp3) is 0.0667. The fourth-order valence-electron chi connectivity index (χ4n) is 2.12. The zero-order chi connectivity index (χ0) is 15.0. The Morgan fingerprint density at radius 1 is 1.19 bits per heavy atom. The molecule has 0 radical (unpaired) electrons. The molecule has 0 fully saturated rings. The Labute approximate surface area is 134 Å². The average Bonchev–Trinajstić information content (AvgIpc) is 2.81. The van der Waals surface area contributed by atoms with Crippen LogP contribution in [0.15, 0.2) is 47.4 Å². The molecule has 2 aromatic heterocycles. The van der Waals surface area contributed by atoms with Crippen molar-refractivity contribution in [2.75, 3.05) is 0 Å². The van der Waals surface area contributed by atoms with Crippen molar-refractivity contribution >= 4 is 51.1 Å². The summed E-state index contributed by atoms with van der Waals surface area (Å²) in [6, 6.07) is 10.6. The Bertz CT molecular complexity index is 898. The van der Waals surface area contributed by atoms with E-state index in [9.17, 15) is 9.59 Å². The van der Waals surface area contributed by atoms with Gasteiger partial charge in [-0.2, -0.15) is 0 Å². The maximum absolute atomic E-state index is 12.3. The van der Waals surface area contributed by atoms with Crippen molar-refractivity contribution in [3.63, 3.8) is 0 Å². The molecule has 0 bridgehead atoms. The number of Topliss-reactive ketones (excluding diaryl/α,β-unsaturated/α-hetero) is 1. The molecule has 0 N–H and O–H groups in total. The quantitative estimate of drug-likeness (QED) is 0.670. The molecule has 0 amide bonds. The minimum absolute atomic E-state index is 0.0591. The van der Waals surface area contributed by atoms with Gasteiger partial charge in [0.1, 0.15) is 4.34 Å². The second kappa shape index (κ2) is 5.64. The predicted octanol–water partition coefficient (Wildman–Crippen LogP) is 4.25. The summed E-state index contributed by atoms with van der Waals surface area (Å²) < 4.78 is 2.18. The molecule has 3 nitrogen and oxygen atoms in total. The number of aromatic nitrogens is 1. The lowest BCUT2D eigenvalue weighted by Gasteiger charge is -2.06. The van der Waals surface area contributed by atoms with Crippen molar-refractivity contribution in [1.82, 2.24) is 4.57 Å². The Morgan fingerprint density at radius 2 is 1.95 bits per heavy atom. The first-order valence-electron chi connectivity index (χ1n) is 6.12. The van der Waals surface area contributed by atoms with Gasteiger partial charge in [0, 0.05) is 11.6 Å². The van der Waals surface area contributed by atoms with E-state index in [0.29, 0.717) is 19.6 Å². The van der Waals surface area contributed by atoms with E-state index < -0.39 is 0 Å². The molecule has 0 aliphatic carbocycles. The molecule has 1 aromatic carbocycles. The zero-order valence-corrected chi connectivity index (χ0v) is 13.0. The molecule has 0 unspecified atom stereocenters. The maximum atomic E-state index is 12.3. The number of fused-ring (bicyclic) bond motifs is 1. The number of carbonyl (C=O) groups is 1. The van der Waals surface area contributed by atoms with Gasteiger partial charge in [0.2, 0.25) is 0 Å². The second-order valence-electron chi connectivity index (χ2n) is 4.50. The first-order valence-corrected chi connectivity index (χ1v) is 7.70. The van der Waals surface area contributed by atoms with Crippen LogP contribution >= 0.6 is 34.5 Å². The van der Waals surface area contributed by atoms with Gasteiger partial charge >= 0.3 is 0 Å². The minimum Gasteiger partial charge on any atom is -0.307 e.